The quantitative estimate of drug-likeness (QED) is 0.390. The summed E-state index contributed by atoms with van der Waals surface area (Å²) in [7, 11) is 2.20. The Morgan fingerprint density at radius 2 is 1.24 bits per heavy atom. The van der Waals surface area contributed by atoms with Crippen molar-refractivity contribution in [1.29, 1.82) is 0 Å². The average Bonchev–Trinajstić information content (AvgIpc) is 2.64. The molecule has 0 spiro atoms. The van der Waals surface area contributed by atoms with Gasteiger partial charge in [0, 0.05) is 0 Å². The van der Waals surface area contributed by atoms with Gasteiger partial charge in [0.2, 0.25) is 0 Å². The van der Waals surface area contributed by atoms with Crippen molar-refractivity contribution in [2.75, 3.05) is 7.05 Å². The molecule has 0 unspecified atom stereocenters. The molecule has 1 aliphatic rings. The Labute approximate surface area is 157 Å². The Morgan fingerprint density at radius 3 is 1.84 bits per heavy atom. The van der Waals surface area contributed by atoms with Crippen LogP contribution in [0.5, 0.6) is 0 Å². The number of hydrogen-bond acceptors (Lipinski definition) is 1. The molecular weight excluding hydrogens is 412 g/mol. The van der Waals surface area contributed by atoms with Crippen LogP contribution in [-0.2, 0) is 13.1 Å². The fraction of sp³-hybridized carbons (Fsp3) is 0.130. The van der Waals surface area contributed by atoms with E-state index < -0.39 is 20.2 Å². The van der Waals surface area contributed by atoms with Gasteiger partial charge in [-0.2, -0.15) is 0 Å². The van der Waals surface area contributed by atoms with E-state index in [-0.39, 0.29) is 0 Å². The van der Waals surface area contributed by atoms with Crippen LogP contribution in [0.2, 0.25) is 0 Å². The summed E-state index contributed by atoms with van der Waals surface area (Å²) < 4.78 is 6.76. The zero-order chi connectivity index (χ0) is 17.1. The van der Waals surface area contributed by atoms with Gasteiger partial charge in [-0.3, -0.25) is 0 Å². The SMILES string of the molecule is CN1Cc2cccc[c]2[Sb]([C]#Cc2ccccc2)[c]2ccccc2C1. The number of nitrogens with zero attached hydrogens (tertiary/aromatic N) is 1. The average molecular weight is 432 g/mol. The number of benzene rings is 3. The van der Waals surface area contributed by atoms with E-state index in [4.69, 9.17) is 0 Å². The first-order chi connectivity index (χ1) is 12.3. The molecule has 1 aliphatic heterocycles. The zero-order valence-electron chi connectivity index (χ0n) is 14.3. The third-order valence-corrected chi connectivity index (χ3v) is 10.6. The molecule has 0 N–H and O–H groups in total. The maximum atomic E-state index is 3.75. The van der Waals surface area contributed by atoms with E-state index in [0.29, 0.717) is 0 Å². The predicted molar refractivity (Wildman–Crippen MR) is 106 cm³/mol. The Balaban J connectivity index is 1.87. The summed E-state index contributed by atoms with van der Waals surface area (Å²) in [4.78, 5) is 2.40. The van der Waals surface area contributed by atoms with Crippen LogP contribution in [0.3, 0.4) is 0 Å². The fourth-order valence-electron chi connectivity index (χ4n) is 3.25. The standard InChI is InChI=1S/C15H15N.C8H5.Sb/c1-16(12-14-8-4-2-5-9-14)13-15-10-6-3-7-11-15;1-2-8-6-4-3-5-7-8;/h2-8,10H,12-13H2,1H3;3-7H;. The van der Waals surface area contributed by atoms with Gasteiger partial charge in [0.05, 0.1) is 0 Å². The van der Waals surface area contributed by atoms with E-state index >= 15 is 0 Å². The predicted octanol–water partition coefficient (Wildman–Crippen LogP) is 2.83. The van der Waals surface area contributed by atoms with Gasteiger partial charge in [-0.15, -0.1) is 0 Å². The van der Waals surface area contributed by atoms with E-state index in [2.05, 4.69) is 94.5 Å². The Hall–Kier alpha value is -2.00. The molecule has 122 valence electrons. The molecule has 0 saturated heterocycles. The molecule has 0 radical (unpaired) electrons. The normalized spacial score (nSPS) is 14.4. The van der Waals surface area contributed by atoms with Crippen molar-refractivity contribution in [3.8, 4) is 9.79 Å². The number of fused-ring (bicyclic) bond motifs is 2. The zero-order valence-corrected chi connectivity index (χ0v) is 16.9. The first-order valence-corrected chi connectivity index (χ1v) is 12.4. The van der Waals surface area contributed by atoms with Crippen LogP contribution in [0.15, 0.2) is 78.9 Å². The van der Waals surface area contributed by atoms with Gasteiger partial charge in [0.1, 0.15) is 0 Å². The van der Waals surface area contributed by atoms with Crippen LogP contribution in [0.25, 0.3) is 0 Å². The van der Waals surface area contributed by atoms with Crippen molar-refractivity contribution in [1.82, 2.24) is 4.90 Å². The van der Waals surface area contributed by atoms with Crippen molar-refractivity contribution in [3.05, 3.63) is 95.6 Å². The second-order valence-electron chi connectivity index (χ2n) is 6.37. The molecule has 0 bridgehead atoms. The molecule has 0 atom stereocenters. The second kappa shape index (κ2) is 7.48. The molecule has 3 aromatic carbocycles. The first-order valence-electron chi connectivity index (χ1n) is 8.52. The van der Waals surface area contributed by atoms with Gasteiger partial charge in [-0.05, 0) is 0 Å². The minimum atomic E-state index is -2.12. The molecule has 0 amide bonds. The Bertz CT molecular complexity index is 887. The molecular formula is C23H20NSb. The third-order valence-electron chi connectivity index (χ3n) is 4.43. The molecule has 0 aliphatic carbocycles. The van der Waals surface area contributed by atoms with E-state index in [0.717, 1.165) is 18.7 Å². The fourth-order valence-corrected chi connectivity index (χ4v) is 9.18. The van der Waals surface area contributed by atoms with E-state index in [1.807, 2.05) is 6.07 Å². The monoisotopic (exact) mass is 431 g/mol. The molecule has 2 heteroatoms. The topological polar surface area (TPSA) is 3.24 Å². The van der Waals surface area contributed by atoms with Gasteiger partial charge in [-0.25, -0.2) is 0 Å². The number of hydrogen-bond donors (Lipinski definition) is 0. The van der Waals surface area contributed by atoms with Crippen molar-refractivity contribution in [2.45, 2.75) is 13.1 Å². The van der Waals surface area contributed by atoms with E-state index in [1.165, 1.54) is 18.1 Å². The summed E-state index contributed by atoms with van der Waals surface area (Å²) in [6.45, 7) is 2.00. The first kappa shape index (κ1) is 16.5. The van der Waals surface area contributed by atoms with Gasteiger partial charge in [0.25, 0.3) is 0 Å². The van der Waals surface area contributed by atoms with Gasteiger partial charge >= 0.3 is 158 Å². The van der Waals surface area contributed by atoms with Crippen molar-refractivity contribution >= 4 is 27.2 Å². The van der Waals surface area contributed by atoms with Crippen LogP contribution in [0.1, 0.15) is 16.7 Å². The van der Waals surface area contributed by atoms with Crippen LogP contribution < -0.4 is 7.02 Å². The number of rotatable bonds is 0. The molecule has 1 nitrogen and oxygen atoms in total. The van der Waals surface area contributed by atoms with Crippen LogP contribution >= 0.6 is 0 Å². The summed E-state index contributed by atoms with van der Waals surface area (Å²) in [5, 5.41) is 0. The van der Waals surface area contributed by atoms with Crippen LogP contribution in [-0.4, -0.2) is 32.2 Å². The van der Waals surface area contributed by atoms with Crippen molar-refractivity contribution in [3.63, 3.8) is 0 Å². The molecule has 3 aromatic rings. The molecule has 25 heavy (non-hydrogen) atoms. The Kier molecular flexibility index (Phi) is 4.93. The molecule has 0 saturated carbocycles. The summed E-state index contributed by atoms with van der Waals surface area (Å²) in [5.74, 6) is 3.47. The molecule has 0 aromatic heterocycles. The van der Waals surface area contributed by atoms with Gasteiger partial charge < -0.3 is 0 Å². The second-order valence-corrected chi connectivity index (χ2v) is 11.7. The third kappa shape index (κ3) is 3.66. The maximum absolute atomic E-state index is 3.75. The Morgan fingerprint density at radius 1 is 0.720 bits per heavy atom. The summed E-state index contributed by atoms with van der Waals surface area (Å²) in [6.07, 6.45) is 0. The van der Waals surface area contributed by atoms with Crippen molar-refractivity contribution < 1.29 is 0 Å². The summed E-state index contributed by atoms with van der Waals surface area (Å²) in [5.41, 5.74) is 4.01. The summed E-state index contributed by atoms with van der Waals surface area (Å²) in [6, 6.07) is 28.2. The summed E-state index contributed by atoms with van der Waals surface area (Å²) >= 11 is -2.12. The van der Waals surface area contributed by atoms with Gasteiger partial charge in [0.15, 0.2) is 0 Å². The van der Waals surface area contributed by atoms with E-state index in [9.17, 15) is 0 Å². The van der Waals surface area contributed by atoms with E-state index in [1.54, 1.807) is 0 Å². The minimum absolute atomic E-state index is 0.998. The van der Waals surface area contributed by atoms with Crippen LogP contribution in [0, 0.1) is 9.79 Å². The van der Waals surface area contributed by atoms with Crippen molar-refractivity contribution in [2.24, 2.45) is 0 Å². The van der Waals surface area contributed by atoms with Crippen LogP contribution in [0.4, 0.5) is 0 Å². The molecule has 1 heterocycles. The molecule has 0 fully saturated rings. The van der Waals surface area contributed by atoms with Gasteiger partial charge in [-0.1, -0.05) is 0 Å². The molecule has 4 rings (SSSR count).